The fraction of sp³-hybridized carbons (Fsp3) is 0.800. The quantitative estimate of drug-likeness (QED) is 0.364. The van der Waals surface area contributed by atoms with Gasteiger partial charge in [0.15, 0.2) is 18.2 Å². The zero-order valence-electron chi connectivity index (χ0n) is 22.6. The van der Waals surface area contributed by atoms with Crippen molar-refractivity contribution in [3.05, 3.63) is 0 Å². The summed E-state index contributed by atoms with van der Waals surface area (Å²) >= 11 is 0. The van der Waals surface area contributed by atoms with Crippen molar-refractivity contribution in [2.45, 2.75) is 111 Å². The Morgan fingerprint density at radius 2 is 1.06 bits per heavy atom. The lowest BCUT2D eigenvalue weighted by Gasteiger charge is -2.30. The van der Waals surface area contributed by atoms with Crippen molar-refractivity contribution in [3.8, 4) is 0 Å². The number of cyclic esters (lactones) is 2. The van der Waals surface area contributed by atoms with Crippen LogP contribution in [0.3, 0.4) is 0 Å². The first-order chi connectivity index (χ1) is 16.8. The molecule has 11 heteroatoms. The number of ether oxygens (including phenoxy) is 2. The van der Waals surface area contributed by atoms with Crippen molar-refractivity contribution in [1.29, 1.82) is 0 Å². The number of carbonyl (C=O) groups is 5. The van der Waals surface area contributed by atoms with Gasteiger partial charge in [-0.2, -0.15) is 0 Å². The molecule has 3 amide bonds. The Bertz CT molecular complexity index is 802. The van der Waals surface area contributed by atoms with Gasteiger partial charge in [0.1, 0.15) is 12.1 Å². The van der Waals surface area contributed by atoms with Gasteiger partial charge in [0.05, 0.1) is 6.10 Å². The second-order valence-corrected chi connectivity index (χ2v) is 9.81. The summed E-state index contributed by atoms with van der Waals surface area (Å²) in [4.78, 5) is 65.2. The van der Waals surface area contributed by atoms with Gasteiger partial charge in [0, 0.05) is 11.8 Å². The summed E-state index contributed by atoms with van der Waals surface area (Å²) in [6.07, 6.45) is -2.33. The van der Waals surface area contributed by atoms with E-state index in [9.17, 15) is 29.1 Å². The first-order valence-corrected chi connectivity index (χ1v) is 12.8. The van der Waals surface area contributed by atoms with Gasteiger partial charge in [0.25, 0.3) is 11.8 Å². The molecule has 11 nitrogen and oxygen atoms in total. The van der Waals surface area contributed by atoms with Crippen LogP contribution >= 0.6 is 0 Å². The third kappa shape index (κ3) is 8.18. The molecule has 4 N–H and O–H groups in total. The Kier molecular flexibility index (Phi) is 12.3. The summed E-state index contributed by atoms with van der Waals surface area (Å²) in [6, 6.07) is -3.69. The van der Waals surface area contributed by atoms with E-state index >= 15 is 0 Å². The second-order valence-electron chi connectivity index (χ2n) is 9.81. The molecule has 0 aromatic carbocycles. The maximum Gasteiger partial charge on any atom is 0.332 e. The lowest BCUT2D eigenvalue weighted by atomic mass is 9.96. The van der Waals surface area contributed by atoms with E-state index < -0.39 is 72.0 Å². The van der Waals surface area contributed by atoms with Gasteiger partial charge in [0.2, 0.25) is 5.91 Å². The molecule has 9 atom stereocenters. The topological polar surface area (TPSA) is 160 Å². The molecule has 36 heavy (non-hydrogen) atoms. The minimum atomic E-state index is -1.48. The average Bonchev–Trinajstić information content (AvgIpc) is 2.84. The number of aliphatic hydroxyl groups is 1. The van der Waals surface area contributed by atoms with Crippen LogP contribution in [0.15, 0.2) is 0 Å². The molecule has 1 rings (SSSR count). The van der Waals surface area contributed by atoms with Crippen LogP contribution in [0.4, 0.5) is 0 Å². The SMILES string of the molecule is CCC(C)C1NC(=O)C(C(C)CC)OC(=O)C(C(C)O)NC(=O)C(C)NC(=O)C(C(C)CC)OC1=O. The summed E-state index contributed by atoms with van der Waals surface area (Å²) in [7, 11) is 0. The Morgan fingerprint density at radius 3 is 1.47 bits per heavy atom. The van der Waals surface area contributed by atoms with Gasteiger partial charge in [-0.3, -0.25) is 14.4 Å². The molecular weight excluding hydrogens is 470 g/mol. The van der Waals surface area contributed by atoms with E-state index in [0.29, 0.717) is 19.3 Å². The van der Waals surface area contributed by atoms with Crippen molar-refractivity contribution in [2.24, 2.45) is 17.8 Å². The van der Waals surface area contributed by atoms with Crippen molar-refractivity contribution in [1.82, 2.24) is 16.0 Å². The Balaban J connectivity index is 3.56. The highest BCUT2D eigenvalue weighted by atomic mass is 16.6. The maximum atomic E-state index is 13.3. The predicted octanol–water partition coefficient (Wildman–Crippen LogP) is 0.817. The molecule has 1 aliphatic heterocycles. The number of esters is 2. The van der Waals surface area contributed by atoms with Crippen LogP contribution in [-0.4, -0.2) is 71.2 Å². The maximum absolute atomic E-state index is 13.3. The lowest BCUT2D eigenvalue weighted by molar-refractivity contribution is -0.167. The van der Waals surface area contributed by atoms with Crippen LogP contribution in [-0.2, 0) is 33.4 Å². The fourth-order valence-corrected chi connectivity index (χ4v) is 3.60. The summed E-state index contributed by atoms with van der Waals surface area (Å²) in [5.74, 6) is -5.10. The number of hydrogen-bond donors (Lipinski definition) is 4. The average molecular weight is 514 g/mol. The number of aliphatic hydroxyl groups excluding tert-OH is 1. The zero-order chi connectivity index (χ0) is 27.7. The highest BCUT2D eigenvalue weighted by Crippen LogP contribution is 2.19. The molecule has 1 saturated heterocycles. The first-order valence-electron chi connectivity index (χ1n) is 12.8. The summed E-state index contributed by atoms with van der Waals surface area (Å²) in [5.41, 5.74) is 0. The minimum Gasteiger partial charge on any atom is -0.450 e. The Morgan fingerprint density at radius 1 is 0.667 bits per heavy atom. The van der Waals surface area contributed by atoms with Crippen LogP contribution in [0.25, 0.3) is 0 Å². The van der Waals surface area contributed by atoms with E-state index in [-0.39, 0.29) is 11.8 Å². The van der Waals surface area contributed by atoms with Gasteiger partial charge >= 0.3 is 11.9 Å². The van der Waals surface area contributed by atoms with Crippen molar-refractivity contribution < 1.29 is 38.6 Å². The van der Waals surface area contributed by atoms with Gasteiger partial charge in [-0.05, 0) is 32.6 Å². The van der Waals surface area contributed by atoms with Crippen molar-refractivity contribution in [3.63, 3.8) is 0 Å². The fourth-order valence-electron chi connectivity index (χ4n) is 3.60. The zero-order valence-corrected chi connectivity index (χ0v) is 22.6. The van der Waals surface area contributed by atoms with Gasteiger partial charge in [-0.1, -0.05) is 48.0 Å². The normalized spacial score (nSPS) is 30.2. The third-order valence-corrected chi connectivity index (χ3v) is 6.88. The predicted molar refractivity (Wildman–Crippen MR) is 131 cm³/mol. The first kappa shape index (κ1) is 31.3. The van der Waals surface area contributed by atoms with E-state index in [1.54, 1.807) is 20.8 Å². The van der Waals surface area contributed by atoms with Crippen molar-refractivity contribution >= 4 is 29.7 Å². The molecular formula is C25H43N3O8. The lowest BCUT2D eigenvalue weighted by Crippen LogP contribution is -2.56. The van der Waals surface area contributed by atoms with E-state index in [2.05, 4.69) is 16.0 Å². The minimum absolute atomic E-state index is 0.349. The molecule has 0 aromatic rings. The number of amides is 3. The molecule has 9 unspecified atom stereocenters. The molecule has 0 saturated carbocycles. The molecule has 1 fully saturated rings. The highest BCUT2D eigenvalue weighted by molar-refractivity contribution is 5.94. The number of nitrogens with one attached hydrogen (secondary N) is 3. The number of rotatable bonds is 7. The van der Waals surface area contributed by atoms with Gasteiger partial charge < -0.3 is 30.5 Å². The van der Waals surface area contributed by atoms with E-state index in [4.69, 9.17) is 9.47 Å². The van der Waals surface area contributed by atoms with E-state index in [0.717, 1.165) is 0 Å². The highest BCUT2D eigenvalue weighted by Gasteiger charge is 2.40. The van der Waals surface area contributed by atoms with Gasteiger partial charge in [-0.15, -0.1) is 0 Å². The molecule has 1 heterocycles. The van der Waals surface area contributed by atoms with E-state index in [1.807, 2.05) is 20.8 Å². The molecule has 0 aromatic heterocycles. The second kappa shape index (κ2) is 14.2. The number of hydrogen-bond acceptors (Lipinski definition) is 8. The van der Waals surface area contributed by atoms with Crippen LogP contribution in [0, 0.1) is 17.8 Å². The molecule has 206 valence electrons. The smallest absolute Gasteiger partial charge is 0.332 e. The summed E-state index contributed by atoms with van der Waals surface area (Å²) in [5, 5.41) is 17.7. The van der Waals surface area contributed by atoms with Crippen LogP contribution in [0.5, 0.6) is 0 Å². The van der Waals surface area contributed by atoms with Crippen molar-refractivity contribution in [2.75, 3.05) is 0 Å². The third-order valence-electron chi connectivity index (χ3n) is 6.88. The van der Waals surface area contributed by atoms with E-state index in [1.165, 1.54) is 13.8 Å². The van der Waals surface area contributed by atoms with Crippen LogP contribution in [0.2, 0.25) is 0 Å². The molecule has 0 radical (unpaired) electrons. The summed E-state index contributed by atoms with van der Waals surface area (Å²) in [6.45, 7) is 13.4. The van der Waals surface area contributed by atoms with Gasteiger partial charge in [-0.25, -0.2) is 9.59 Å². The monoisotopic (exact) mass is 513 g/mol. The molecule has 0 bridgehead atoms. The molecule has 1 aliphatic rings. The Labute approximate surface area is 213 Å². The Hall–Kier alpha value is -2.69. The number of carbonyl (C=O) groups excluding carboxylic acids is 5. The summed E-state index contributed by atoms with van der Waals surface area (Å²) < 4.78 is 11.1. The van der Waals surface area contributed by atoms with Crippen LogP contribution in [0.1, 0.15) is 74.7 Å². The standard InChI is InChI=1S/C25H43N3O8/c1-9-12(4)17-24(33)35-19(13(5)10-2)22(31)26-15(7)21(30)28-18(16(8)29)25(34)36-20(14(6)11-3)23(32)27-17/h12-20,29H,9-11H2,1-8H3,(H,26,31)(H,27,32)(H,28,30). The molecule has 0 spiro atoms. The molecule has 0 aliphatic carbocycles. The largest absolute Gasteiger partial charge is 0.450 e. The van der Waals surface area contributed by atoms with Crippen LogP contribution < -0.4 is 16.0 Å².